The molecular formula is C23H22F2N4O5S. The first-order valence-electron chi connectivity index (χ1n) is 11.1. The lowest BCUT2D eigenvalue weighted by atomic mass is 10.1. The minimum Gasteiger partial charge on any atom is -0.473 e. The van der Waals surface area contributed by atoms with Crippen LogP contribution in [0.3, 0.4) is 0 Å². The number of benzene rings is 1. The molecule has 0 saturated heterocycles. The number of halogens is 2. The third-order valence-corrected chi connectivity index (χ3v) is 9.62. The van der Waals surface area contributed by atoms with E-state index in [4.69, 9.17) is 4.74 Å². The number of sulfone groups is 1. The second kappa shape index (κ2) is 8.36. The number of aryl methyl sites for hydroxylation is 1. The van der Waals surface area contributed by atoms with Crippen molar-refractivity contribution in [2.24, 2.45) is 7.05 Å². The van der Waals surface area contributed by atoms with Gasteiger partial charge in [-0.2, -0.15) is 5.10 Å². The van der Waals surface area contributed by atoms with Crippen molar-refractivity contribution < 1.29 is 26.7 Å². The fourth-order valence-corrected chi connectivity index (χ4v) is 6.45. The highest BCUT2D eigenvalue weighted by Gasteiger charge is 2.60. The van der Waals surface area contributed by atoms with Crippen LogP contribution in [0.25, 0.3) is 10.9 Å². The number of nitrogens with one attached hydrogen (secondary N) is 1. The van der Waals surface area contributed by atoms with E-state index in [-0.39, 0.29) is 40.9 Å². The zero-order valence-corrected chi connectivity index (χ0v) is 19.6. The van der Waals surface area contributed by atoms with Gasteiger partial charge in [0.2, 0.25) is 0 Å². The Bertz CT molecular complexity index is 1510. The second-order valence-corrected chi connectivity index (χ2v) is 11.6. The molecule has 0 spiro atoms. The van der Waals surface area contributed by atoms with Crippen molar-refractivity contribution in [2.75, 3.05) is 6.61 Å². The van der Waals surface area contributed by atoms with Crippen molar-refractivity contribution in [1.82, 2.24) is 20.1 Å². The second-order valence-electron chi connectivity index (χ2n) is 9.01. The molecule has 2 heterocycles. The highest BCUT2D eigenvalue weighted by Crippen LogP contribution is 2.50. The Morgan fingerprint density at radius 3 is 2.66 bits per heavy atom. The summed E-state index contributed by atoms with van der Waals surface area (Å²) in [6, 6.07) is 4.31. The predicted molar refractivity (Wildman–Crippen MR) is 122 cm³/mol. The largest absolute Gasteiger partial charge is 0.473 e. The van der Waals surface area contributed by atoms with Gasteiger partial charge in [0.15, 0.2) is 9.84 Å². The van der Waals surface area contributed by atoms with Gasteiger partial charge in [0, 0.05) is 30.6 Å². The van der Waals surface area contributed by atoms with Crippen molar-refractivity contribution in [2.45, 2.75) is 42.2 Å². The van der Waals surface area contributed by atoms with Crippen LogP contribution < -0.4 is 15.6 Å². The average Bonchev–Trinajstić information content (AvgIpc) is 3.73. The van der Waals surface area contributed by atoms with E-state index in [9.17, 15) is 26.8 Å². The van der Waals surface area contributed by atoms with Crippen LogP contribution in [0.15, 0.2) is 35.3 Å². The van der Waals surface area contributed by atoms with Gasteiger partial charge in [-0.1, -0.05) is 6.07 Å². The Labute approximate surface area is 199 Å². The Balaban J connectivity index is 1.39. The Morgan fingerprint density at radius 2 is 2.00 bits per heavy atom. The molecule has 0 bridgehead atoms. The predicted octanol–water partition coefficient (Wildman–Crippen LogP) is 2.03. The zero-order valence-electron chi connectivity index (χ0n) is 18.8. The number of rotatable bonds is 8. The summed E-state index contributed by atoms with van der Waals surface area (Å²) < 4.78 is 58.5. The van der Waals surface area contributed by atoms with E-state index in [1.165, 1.54) is 29.9 Å². The summed E-state index contributed by atoms with van der Waals surface area (Å²) in [4.78, 5) is 25.6. The number of pyridine rings is 1. The van der Waals surface area contributed by atoms with Crippen LogP contribution >= 0.6 is 0 Å². The molecule has 0 atom stereocenters. The molecule has 35 heavy (non-hydrogen) atoms. The van der Waals surface area contributed by atoms with Crippen molar-refractivity contribution in [3.8, 4) is 5.88 Å². The topological polar surface area (TPSA) is 120 Å². The molecule has 1 amide bonds. The van der Waals surface area contributed by atoms with Gasteiger partial charge in [0.25, 0.3) is 17.3 Å². The summed E-state index contributed by atoms with van der Waals surface area (Å²) in [6.45, 7) is -0.327. The number of ether oxygens (including phenoxy) is 1. The lowest BCUT2D eigenvalue weighted by Gasteiger charge is -2.17. The van der Waals surface area contributed by atoms with Crippen LogP contribution in [-0.2, 0) is 23.4 Å². The fraction of sp³-hybridized carbons (Fsp3) is 0.391. The fourth-order valence-electron chi connectivity index (χ4n) is 4.10. The lowest BCUT2D eigenvalue weighted by Crippen LogP contribution is -2.34. The van der Waals surface area contributed by atoms with Crippen molar-refractivity contribution in [1.29, 1.82) is 0 Å². The Hall–Kier alpha value is -3.41. The first-order chi connectivity index (χ1) is 16.6. The number of carbonyl (C=O) groups excluding carboxylic acids is 1. The summed E-state index contributed by atoms with van der Waals surface area (Å²) in [7, 11) is -1.86. The molecule has 2 aliphatic carbocycles. The monoisotopic (exact) mass is 504 g/mol. The summed E-state index contributed by atoms with van der Waals surface area (Å²) >= 11 is 0. The number of fused-ring (bicyclic) bond motifs is 1. The smallest absolute Gasteiger partial charge is 0.263 e. The minimum atomic E-state index is -3.29. The Morgan fingerprint density at radius 1 is 1.26 bits per heavy atom. The van der Waals surface area contributed by atoms with Crippen LogP contribution in [0.4, 0.5) is 8.78 Å². The van der Waals surface area contributed by atoms with Crippen molar-refractivity contribution in [3.05, 3.63) is 63.6 Å². The number of hydrogen-bond acceptors (Lipinski definition) is 7. The number of amides is 1. The summed E-state index contributed by atoms with van der Waals surface area (Å²) in [6.07, 6.45) is 3.73. The minimum absolute atomic E-state index is 0.000265. The summed E-state index contributed by atoms with van der Waals surface area (Å²) in [5.41, 5.74) is -0.532. The van der Waals surface area contributed by atoms with E-state index < -0.39 is 37.7 Å². The van der Waals surface area contributed by atoms with E-state index in [0.29, 0.717) is 37.1 Å². The van der Waals surface area contributed by atoms with Gasteiger partial charge in [0.1, 0.15) is 34.1 Å². The molecule has 9 nitrogen and oxygen atoms in total. The van der Waals surface area contributed by atoms with Crippen LogP contribution in [-0.4, -0.2) is 45.7 Å². The van der Waals surface area contributed by atoms with Gasteiger partial charge in [0.05, 0.1) is 11.4 Å². The molecule has 12 heteroatoms. The first kappa shape index (κ1) is 23.3. The molecule has 1 N–H and O–H groups in total. The highest BCUT2D eigenvalue weighted by molar-refractivity contribution is 7.94. The molecule has 2 aromatic heterocycles. The molecular weight excluding hydrogens is 482 g/mol. The standard InChI is InChI=1S/C23H22F2N4O5S/c1-29-19-14(8-17(22(29)31)20(30)26-10-13-2-3-15(24)9-18(13)25)11-27-28-21(19)34-12-23(6-7-23)35(32,33)16-4-5-16/h2-3,8-9,11,16H,4-7,10,12H2,1H3,(H,26,30). The Kier molecular flexibility index (Phi) is 5.58. The van der Waals surface area contributed by atoms with E-state index in [1.807, 2.05) is 0 Å². The van der Waals surface area contributed by atoms with Gasteiger partial charge in [-0.15, -0.1) is 5.10 Å². The molecule has 1 aromatic carbocycles. The normalized spacial score (nSPS) is 16.8. The quantitative estimate of drug-likeness (QED) is 0.498. The first-order valence-corrected chi connectivity index (χ1v) is 12.6. The number of carbonyl (C=O) groups is 1. The molecule has 3 aromatic rings. The maximum Gasteiger partial charge on any atom is 0.263 e. The molecule has 0 unspecified atom stereocenters. The SMILES string of the molecule is Cn1c(=O)c(C(=O)NCc2ccc(F)cc2F)cc2cnnc(OCC3(S(=O)(=O)C4CC4)CC3)c21. The van der Waals surface area contributed by atoms with Gasteiger partial charge < -0.3 is 14.6 Å². The van der Waals surface area contributed by atoms with Crippen LogP contribution in [0.5, 0.6) is 5.88 Å². The molecule has 2 saturated carbocycles. The van der Waals surface area contributed by atoms with Crippen LogP contribution in [0.2, 0.25) is 0 Å². The average molecular weight is 505 g/mol. The third kappa shape index (κ3) is 4.15. The summed E-state index contributed by atoms with van der Waals surface area (Å²) in [5.74, 6) is -2.30. The van der Waals surface area contributed by atoms with E-state index in [2.05, 4.69) is 15.5 Å². The molecule has 184 valence electrons. The zero-order chi connectivity index (χ0) is 25.0. The van der Waals surface area contributed by atoms with Gasteiger partial charge in [-0.3, -0.25) is 9.59 Å². The number of hydrogen-bond donors (Lipinski definition) is 1. The van der Waals surface area contributed by atoms with E-state index >= 15 is 0 Å². The lowest BCUT2D eigenvalue weighted by molar-refractivity contribution is 0.0948. The highest BCUT2D eigenvalue weighted by atomic mass is 32.2. The van der Waals surface area contributed by atoms with Gasteiger partial charge in [-0.05, 0) is 37.8 Å². The van der Waals surface area contributed by atoms with Crippen molar-refractivity contribution in [3.63, 3.8) is 0 Å². The maximum atomic E-state index is 13.9. The molecule has 2 fully saturated rings. The molecule has 0 aliphatic heterocycles. The number of aromatic nitrogens is 3. The number of nitrogens with zero attached hydrogens (tertiary/aromatic N) is 3. The molecule has 2 aliphatic rings. The van der Waals surface area contributed by atoms with Crippen molar-refractivity contribution >= 4 is 26.6 Å². The maximum absolute atomic E-state index is 13.9. The van der Waals surface area contributed by atoms with Gasteiger partial charge >= 0.3 is 0 Å². The molecule has 5 rings (SSSR count). The van der Waals surface area contributed by atoms with E-state index in [0.717, 1.165) is 6.07 Å². The van der Waals surface area contributed by atoms with E-state index in [1.54, 1.807) is 0 Å². The van der Waals surface area contributed by atoms with Crippen LogP contribution in [0, 0.1) is 11.6 Å². The summed E-state index contributed by atoms with van der Waals surface area (Å²) in [5, 5.41) is 10.4. The van der Waals surface area contributed by atoms with Crippen LogP contribution in [0.1, 0.15) is 41.6 Å². The third-order valence-electron chi connectivity index (χ3n) is 6.54. The van der Waals surface area contributed by atoms with Gasteiger partial charge in [-0.25, -0.2) is 17.2 Å². The molecule has 0 radical (unpaired) electrons.